The van der Waals surface area contributed by atoms with Gasteiger partial charge in [0.25, 0.3) is 0 Å². The number of primary amides is 1. The Morgan fingerprint density at radius 2 is 2.38 bits per heavy atom. The monoisotopic (exact) mass is 182 g/mol. The van der Waals surface area contributed by atoms with Gasteiger partial charge < -0.3 is 16.0 Å². The lowest BCUT2D eigenvalue weighted by Gasteiger charge is -2.21. The fourth-order valence-electron chi connectivity index (χ4n) is 1.00. The fraction of sp³-hybridized carbons (Fsp3) is 0.500. The first-order valence-electron chi connectivity index (χ1n) is 4.00. The lowest BCUT2D eigenvalue weighted by Crippen LogP contribution is -2.52. The van der Waals surface area contributed by atoms with Crippen LogP contribution in [0.4, 0.5) is 0 Å². The van der Waals surface area contributed by atoms with Crippen LogP contribution >= 0.6 is 0 Å². The smallest absolute Gasteiger partial charge is 0.239 e. The first kappa shape index (κ1) is 9.73. The molecule has 1 aromatic rings. The first-order valence-corrected chi connectivity index (χ1v) is 4.00. The molecule has 0 bridgehead atoms. The average molecular weight is 182 g/mol. The number of aryl methyl sites for hydroxylation is 1. The van der Waals surface area contributed by atoms with Crippen molar-refractivity contribution < 1.29 is 4.79 Å². The number of amides is 1. The molecule has 0 radical (unpaired) electrons. The Kier molecular flexibility index (Phi) is 2.38. The van der Waals surface area contributed by atoms with E-state index in [9.17, 15) is 4.79 Å². The molecule has 1 unspecified atom stereocenters. The lowest BCUT2D eigenvalue weighted by molar-refractivity contribution is -0.123. The van der Waals surface area contributed by atoms with Gasteiger partial charge in [-0.15, -0.1) is 0 Å². The molecule has 0 saturated heterocycles. The van der Waals surface area contributed by atoms with Gasteiger partial charge in [-0.1, -0.05) is 0 Å². The zero-order valence-corrected chi connectivity index (χ0v) is 7.82. The summed E-state index contributed by atoms with van der Waals surface area (Å²) in [6, 6.07) is 0. The van der Waals surface area contributed by atoms with Crippen molar-refractivity contribution in [3.63, 3.8) is 0 Å². The second kappa shape index (κ2) is 3.18. The highest BCUT2D eigenvalue weighted by Gasteiger charge is 2.26. The molecular weight excluding hydrogens is 168 g/mol. The zero-order chi connectivity index (χ0) is 10.1. The maximum Gasteiger partial charge on any atom is 0.239 e. The molecule has 0 spiro atoms. The van der Waals surface area contributed by atoms with Crippen LogP contribution in [-0.4, -0.2) is 21.0 Å². The number of nitrogens with zero attached hydrogens (tertiary/aromatic N) is 2. The van der Waals surface area contributed by atoms with Crippen molar-refractivity contribution in [2.24, 2.45) is 11.5 Å². The highest BCUT2D eigenvalue weighted by Crippen LogP contribution is 2.05. The number of carbonyl (C=O) groups excluding carboxylic acids is 1. The van der Waals surface area contributed by atoms with E-state index in [-0.39, 0.29) is 0 Å². The van der Waals surface area contributed by atoms with E-state index in [2.05, 4.69) is 4.98 Å². The zero-order valence-electron chi connectivity index (χ0n) is 7.82. The van der Waals surface area contributed by atoms with Crippen molar-refractivity contribution in [3.05, 3.63) is 18.2 Å². The number of aromatic nitrogens is 2. The lowest BCUT2D eigenvalue weighted by atomic mass is 10.0. The minimum Gasteiger partial charge on any atom is -0.368 e. The van der Waals surface area contributed by atoms with E-state index in [1.165, 1.54) is 0 Å². The number of nitrogens with two attached hydrogens (primary N) is 2. The van der Waals surface area contributed by atoms with Crippen LogP contribution in [0, 0.1) is 6.92 Å². The number of hydrogen-bond acceptors (Lipinski definition) is 3. The molecule has 0 aromatic carbocycles. The summed E-state index contributed by atoms with van der Waals surface area (Å²) in [5.74, 6) is 0.304. The third-order valence-corrected chi connectivity index (χ3v) is 1.99. The first-order chi connectivity index (χ1) is 5.93. The molecule has 0 fully saturated rings. The van der Waals surface area contributed by atoms with Crippen LogP contribution in [0.1, 0.15) is 12.7 Å². The summed E-state index contributed by atoms with van der Waals surface area (Å²) in [4.78, 5) is 14.9. The largest absolute Gasteiger partial charge is 0.368 e. The van der Waals surface area contributed by atoms with Crippen molar-refractivity contribution in [2.45, 2.75) is 25.9 Å². The van der Waals surface area contributed by atoms with Gasteiger partial charge >= 0.3 is 0 Å². The molecule has 13 heavy (non-hydrogen) atoms. The molecule has 5 nitrogen and oxygen atoms in total. The second-order valence-electron chi connectivity index (χ2n) is 3.38. The van der Waals surface area contributed by atoms with Crippen LogP contribution in [0.25, 0.3) is 0 Å². The van der Waals surface area contributed by atoms with Gasteiger partial charge in [0.2, 0.25) is 5.91 Å². The summed E-state index contributed by atoms with van der Waals surface area (Å²) in [6.07, 6.45) is 3.43. The van der Waals surface area contributed by atoms with Crippen molar-refractivity contribution in [3.8, 4) is 0 Å². The van der Waals surface area contributed by atoms with E-state index in [0.29, 0.717) is 6.54 Å². The van der Waals surface area contributed by atoms with Crippen molar-refractivity contribution in [1.82, 2.24) is 9.55 Å². The molecule has 0 aliphatic rings. The molecule has 1 heterocycles. The van der Waals surface area contributed by atoms with Gasteiger partial charge in [0.1, 0.15) is 11.4 Å². The summed E-state index contributed by atoms with van der Waals surface area (Å²) in [7, 11) is 0. The molecule has 72 valence electrons. The number of rotatable bonds is 3. The fourth-order valence-corrected chi connectivity index (χ4v) is 1.00. The summed E-state index contributed by atoms with van der Waals surface area (Å²) in [5.41, 5.74) is 9.81. The van der Waals surface area contributed by atoms with E-state index in [0.717, 1.165) is 5.82 Å². The van der Waals surface area contributed by atoms with Gasteiger partial charge in [0, 0.05) is 12.4 Å². The molecule has 0 saturated carbocycles. The van der Waals surface area contributed by atoms with Gasteiger partial charge in [-0.2, -0.15) is 0 Å². The molecule has 5 heteroatoms. The summed E-state index contributed by atoms with van der Waals surface area (Å²) in [5, 5.41) is 0. The predicted molar refractivity (Wildman–Crippen MR) is 48.8 cm³/mol. The topological polar surface area (TPSA) is 86.9 Å². The van der Waals surface area contributed by atoms with Crippen LogP contribution in [0.3, 0.4) is 0 Å². The summed E-state index contributed by atoms with van der Waals surface area (Å²) < 4.78 is 1.80. The Labute approximate surface area is 76.7 Å². The summed E-state index contributed by atoms with van der Waals surface area (Å²) >= 11 is 0. The normalized spacial score (nSPS) is 15.3. The Bertz CT molecular complexity index is 316. The number of hydrogen-bond donors (Lipinski definition) is 2. The predicted octanol–water partition coefficient (Wildman–Crippen LogP) is -0.606. The Morgan fingerprint density at radius 1 is 1.77 bits per heavy atom. The Hall–Kier alpha value is -1.36. The van der Waals surface area contributed by atoms with Crippen molar-refractivity contribution in [2.75, 3.05) is 0 Å². The number of carbonyl (C=O) groups is 1. The summed E-state index contributed by atoms with van der Waals surface area (Å²) in [6.45, 7) is 3.81. The maximum absolute atomic E-state index is 10.9. The highest BCUT2D eigenvalue weighted by atomic mass is 16.1. The quantitative estimate of drug-likeness (QED) is 0.654. The molecule has 1 atom stereocenters. The van der Waals surface area contributed by atoms with Gasteiger partial charge in [0.05, 0.1) is 6.54 Å². The maximum atomic E-state index is 10.9. The minimum absolute atomic E-state index is 0.355. The molecular formula is C8H14N4O. The van der Waals surface area contributed by atoms with E-state index in [4.69, 9.17) is 11.5 Å². The molecule has 1 rings (SSSR count). The molecule has 0 aliphatic carbocycles. The second-order valence-corrected chi connectivity index (χ2v) is 3.38. The van der Waals surface area contributed by atoms with E-state index < -0.39 is 11.4 Å². The van der Waals surface area contributed by atoms with Crippen LogP contribution in [0.5, 0.6) is 0 Å². The van der Waals surface area contributed by atoms with E-state index in [1.807, 2.05) is 6.92 Å². The minimum atomic E-state index is -1.02. The molecule has 0 aliphatic heterocycles. The Balaban J connectivity index is 2.80. The van der Waals surface area contributed by atoms with Crippen molar-refractivity contribution >= 4 is 5.91 Å². The molecule has 1 aromatic heterocycles. The Morgan fingerprint density at radius 3 is 2.77 bits per heavy atom. The molecule has 4 N–H and O–H groups in total. The van der Waals surface area contributed by atoms with Crippen LogP contribution < -0.4 is 11.5 Å². The number of imidazole rings is 1. The van der Waals surface area contributed by atoms with Gasteiger partial charge in [-0.25, -0.2) is 4.98 Å². The third-order valence-electron chi connectivity index (χ3n) is 1.99. The van der Waals surface area contributed by atoms with Gasteiger partial charge in [0.15, 0.2) is 0 Å². The van der Waals surface area contributed by atoms with Crippen molar-refractivity contribution in [1.29, 1.82) is 0 Å². The average Bonchev–Trinajstić information content (AvgIpc) is 2.35. The highest BCUT2D eigenvalue weighted by molar-refractivity contribution is 5.83. The van der Waals surface area contributed by atoms with E-state index >= 15 is 0 Å². The SMILES string of the molecule is Cc1nccn1CC(C)(N)C(N)=O. The van der Waals surface area contributed by atoms with Gasteiger partial charge in [-0.3, -0.25) is 4.79 Å². The van der Waals surface area contributed by atoms with Crippen LogP contribution in [0.2, 0.25) is 0 Å². The molecule has 1 amide bonds. The van der Waals surface area contributed by atoms with E-state index in [1.54, 1.807) is 23.9 Å². The van der Waals surface area contributed by atoms with Crippen LogP contribution in [0.15, 0.2) is 12.4 Å². The van der Waals surface area contributed by atoms with Crippen LogP contribution in [-0.2, 0) is 11.3 Å². The standard InChI is InChI=1S/C8H14N4O/c1-6-11-3-4-12(6)5-8(2,10)7(9)13/h3-4H,5,10H2,1-2H3,(H2,9,13). The van der Waals surface area contributed by atoms with Gasteiger partial charge in [-0.05, 0) is 13.8 Å². The third kappa shape index (κ3) is 2.06.